The van der Waals surface area contributed by atoms with Gasteiger partial charge in [-0.05, 0) is 89.9 Å². The third-order valence-electron chi connectivity index (χ3n) is 8.90. The lowest BCUT2D eigenvalue weighted by molar-refractivity contribution is -0.167. The van der Waals surface area contributed by atoms with Gasteiger partial charge in [0.2, 0.25) is 0 Å². The van der Waals surface area contributed by atoms with Gasteiger partial charge >= 0.3 is 17.9 Å². The van der Waals surface area contributed by atoms with Crippen molar-refractivity contribution in [3.05, 3.63) is 85.1 Å². The summed E-state index contributed by atoms with van der Waals surface area (Å²) in [6.07, 6.45) is 54.3. The van der Waals surface area contributed by atoms with E-state index in [1.165, 1.54) is 25.7 Å². The van der Waals surface area contributed by atoms with Crippen LogP contribution in [0.4, 0.5) is 0 Å². The second-order valence-corrected chi connectivity index (χ2v) is 14.2. The topological polar surface area (TPSA) is 78.9 Å². The number of esters is 3. The molecule has 0 aliphatic carbocycles. The summed E-state index contributed by atoms with van der Waals surface area (Å²) in [7, 11) is 0. The van der Waals surface area contributed by atoms with Gasteiger partial charge in [-0.3, -0.25) is 14.4 Å². The molecule has 55 heavy (non-hydrogen) atoms. The lowest BCUT2D eigenvalue weighted by atomic mass is 10.1. The summed E-state index contributed by atoms with van der Waals surface area (Å²) in [4.78, 5) is 37.6. The van der Waals surface area contributed by atoms with E-state index < -0.39 is 6.10 Å². The van der Waals surface area contributed by atoms with Crippen molar-refractivity contribution in [3.63, 3.8) is 0 Å². The molecule has 0 aromatic heterocycles. The number of rotatable bonds is 38. The molecule has 6 heteroatoms. The average Bonchev–Trinajstić information content (AvgIpc) is 3.18. The molecule has 0 rings (SSSR count). The Morgan fingerprint density at radius 2 is 0.709 bits per heavy atom. The number of allylic oxidation sites excluding steroid dienone is 14. The van der Waals surface area contributed by atoms with Crippen LogP contribution in [0.3, 0.4) is 0 Å². The van der Waals surface area contributed by atoms with Gasteiger partial charge in [-0.15, -0.1) is 0 Å². The molecule has 0 aliphatic rings. The summed E-state index contributed by atoms with van der Waals surface area (Å²) in [5.41, 5.74) is 0. The Morgan fingerprint density at radius 1 is 0.382 bits per heavy atom. The van der Waals surface area contributed by atoms with E-state index in [1.807, 2.05) is 0 Å². The predicted molar refractivity (Wildman–Crippen MR) is 233 cm³/mol. The zero-order valence-corrected chi connectivity index (χ0v) is 35.4. The minimum Gasteiger partial charge on any atom is -0.462 e. The van der Waals surface area contributed by atoms with Crippen LogP contribution >= 0.6 is 0 Å². The van der Waals surface area contributed by atoms with Gasteiger partial charge in [0.05, 0.1) is 0 Å². The minimum absolute atomic E-state index is 0.0974. The number of carbonyl (C=O) groups is 3. The van der Waals surface area contributed by atoms with E-state index in [1.54, 1.807) is 0 Å². The zero-order chi connectivity index (χ0) is 40.1. The fourth-order valence-electron chi connectivity index (χ4n) is 5.62. The fourth-order valence-corrected chi connectivity index (χ4v) is 5.62. The van der Waals surface area contributed by atoms with E-state index in [4.69, 9.17) is 14.2 Å². The molecule has 0 amide bonds. The normalized spacial score (nSPS) is 12.9. The molecule has 0 radical (unpaired) electrons. The Morgan fingerprint density at radius 3 is 1.13 bits per heavy atom. The maximum absolute atomic E-state index is 12.7. The van der Waals surface area contributed by atoms with Crippen molar-refractivity contribution in [1.29, 1.82) is 0 Å². The van der Waals surface area contributed by atoms with Gasteiger partial charge in [-0.1, -0.05) is 164 Å². The predicted octanol–water partition coefficient (Wildman–Crippen LogP) is 14.1. The van der Waals surface area contributed by atoms with Crippen LogP contribution in [0.5, 0.6) is 0 Å². The molecule has 0 bridgehead atoms. The summed E-state index contributed by atoms with van der Waals surface area (Å²) in [5, 5.41) is 0. The first-order valence-electron chi connectivity index (χ1n) is 22.1. The summed E-state index contributed by atoms with van der Waals surface area (Å²) in [5.74, 6) is -0.968. The molecule has 0 aliphatic heterocycles. The lowest BCUT2D eigenvalue weighted by Crippen LogP contribution is -2.30. The highest BCUT2D eigenvalue weighted by molar-refractivity contribution is 5.71. The number of hydrogen-bond acceptors (Lipinski definition) is 6. The summed E-state index contributed by atoms with van der Waals surface area (Å²) in [6, 6.07) is 0. The van der Waals surface area contributed by atoms with Crippen LogP contribution in [-0.2, 0) is 28.6 Å². The first kappa shape index (κ1) is 51.6. The Kier molecular flexibility index (Phi) is 40.6. The molecule has 312 valence electrons. The van der Waals surface area contributed by atoms with E-state index >= 15 is 0 Å². The van der Waals surface area contributed by atoms with Crippen LogP contribution in [0.15, 0.2) is 85.1 Å². The van der Waals surface area contributed by atoms with Crippen LogP contribution in [-0.4, -0.2) is 37.2 Å². The van der Waals surface area contributed by atoms with E-state index in [-0.39, 0.29) is 37.5 Å². The highest BCUT2D eigenvalue weighted by Gasteiger charge is 2.19. The second-order valence-electron chi connectivity index (χ2n) is 14.2. The fraction of sp³-hybridized carbons (Fsp3) is 0.653. The molecule has 1 unspecified atom stereocenters. The van der Waals surface area contributed by atoms with Gasteiger partial charge in [-0.2, -0.15) is 0 Å². The van der Waals surface area contributed by atoms with Crippen LogP contribution in [0.1, 0.15) is 188 Å². The Balaban J connectivity index is 4.41. The number of carbonyl (C=O) groups excluding carboxylic acids is 3. The van der Waals surface area contributed by atoms with Crippen LogP contribution in [0.2, 0.25) is 0 Å². The van der Waals surface area contributed by atoms with Crippen molar-refractivity contribution < 1.29 is 28.6 Å². The van der Waals surface area contributed by atoms with Crippen molar-refractivity contribution in [2.24, 2.45) is 0 Å². The molecule has 6 nitrogen and oxygen atoms in total. The number of unbranched alkanes of at least 4 members (excludes halogenated alkanes) is 13. The molecule has 0 saturated heterocycles. The Hall–Kier alpha value is -3.41. The molecule has 0 saturated carbocycles. The van der Waals surface area contributed by atoms with Crippen molar-refractivity contribution in [1.82, 2.24) is 0 Å². The maximum Gasteiger partial charge on any atom is 0.306 e. The highest BCUT2D eigenvalue weighted by atomic mass is 16.6. The van der Waals surface area contributed by atoms with Gasteiger partial charge in [0.25, 0.3) is 0 Å². The van der Waals surface area contributed by atoms with E-state index in [2.05, 4.69) is 106 Å². The SMILES string of the molecule is CC/C=C\C/C=C\C/C=C\C/C=C\CCCCCCC(=O)OCC(COC(=O)CCCCCCCCC)OC(=O)CCCCC/C=C\C/C=C\C/C=C\CC. The average molecular weight is 765 g/mol. The van der Waals surface area contributed by atoms with E-state index in [0.29, 0.717) is 12.8 Å². The third-order valence-corrected chi connectivity index (χ3v) is 8.90. The summed E-state index contributed by atoms with van der Waals surface area (Å²) >= 11 is 0. The lowest BCUT2D eigenvalue weighted by Gasteiger charge is -2.18. The second kappa shape index (κ2) is 43.3. The summed E-state index contributed by atoms with van der Waals surface area (Å²) < 4.78 is 16.6. The maximum atomic E-state index is 12.7. The quantitative estimate of drug-likeness (QED) is 0.0270. The highest BCUT2D eigenvalue weighted by Crippen LogP contribution is 2.12. The molecule has 0 aromatic carbocycles. The summed E-state index contributed by atoms with van der Waals surface area (Å²) in [6.45, 7) is 6.29. The Bertz CT molecular complexity index is 1110. The molecule has 1 atom stereocenters. The first-order valence-corrected chi connectivity index (χ1v) is 22.1. The van der Waals surface area contributed by atoms with Gasteiger partial charge in [0.15, 0.2) is 6.10 Å². The molecule has 0 aromatic rings. The monoisotopic (exact) mass is 765 g/mol. The van der Waals surface area contributed by atoms with E-state index in [0.717, 1.165) is 122 Å². The van der Waals surface area contributed by atoms with Gasteiger partial charge in [0, 0.05) is 19.3 Å². The van der Waals surface area contributed by atoms with Crippen molar-refractivity contribution in [2.75, 3.05) is 13.2 Å². The molecule has 0 N–H and O–H groups in total. The van der Waals surface area contributed by atoms with Crippen LogP contribution < -0.4 is 0 Å². The minimum atomic E-state index is -0.797. The van der Waals surface area contributed by atoms with E-state index in [9.17, 15) is 14.4 Å². The molecule has 0 heterocycles. The smallest absolute Gasteiger partial charge is 0.306 e. The largest absolute Gasteiger partial charge is 0.462 e. The number of ether oxygens (including phenoxy) is 3. The van der Waals surface area contributed by atoms with Crippen LogP contribution in [0.25, 0.3) is 0 Å². The molecular formula is C49H80O6. The standard InChI is InChI=1S/C49H80O6/c1-4-7-10-13-16-18-20-22-23-24-25-27-28-30-33-36-39-42-48(51)54-45-46(44-53-47(50)41-38-35-32-15-12-9-6-3)55-49(52)43-40-37-34-31-29-26-21-19-17-14-11-8-5-2/h7-8,10-11,16-19,22-23,25-27,29,46H,4-6,9,12-15,20-21,24,28,30-45H2,1-3H3/b10-7-,11-8-,18-16-,19-17-,23-22-,27-25-,29-26-. The zero-order valence-electron chi connectivity index (χ0n) is 35.4. The van der Waals surface area contributed by atoms with Gasteiger partial charge in [-0.25, -0.2) is 0 Å². The third kappa shape index (κ3) is 41.6. The molecule has 0 spiro atoms. The first-order chi connectivity index (χ1) is 27.0. The van der Waals surface area contributed by atoms with Gasteiger partial charge < -0.3 is 14.2 Å². The van der Waals surface area contributed by atoms with Crippen molar-refractivity contribution >= 4 is 17.9 Å². The van der Waals surface area contributed by atoms with Crippen molar-refractivity contribution in [3.8, 4) is 0 Å². The molecule has 0 fully saturated rings. The van der Waals surface area contributed by atoms with Crippen LogP contribution in [0, 0.1) is 0 Å². The Labute approximate surface area is 337 Å². The molecular weight excluding hydrogens is 685 g/mol. The van der Waals surface area contributed by atoms with Crippen molar-refractivity contribution in [2.45, 2.75) is 194 Å². The van der Waals surface area contributed by atoms with Gasteiger partial charge in [0.1, 0.15) is 13.2 Å². The number of hydrogen-bond donors (Lipinski definition) is 0.